The minimum absolute atomic E-state index is 0.320. The van der Waals surface area contributed by atoms with E-state index in [9.17, 15) is 0 Å². The Morgan fingerprint density at radius 1 is 1.29 bits per heavy atom. The van der Waals surface area contributed by atoms with Crippen molar-refractivity contribution in [3.05, 3.63) is 0 Å². The van der Waals surface area contributed by atoms with Crippen molar-refractivity contribution in [2.45, 2.75) is 45.3 Å². The summed E-state index contributed by atoms with van der Waals surface area (Å²) in [4.78, 5) is 2.46. The van der Waals surface area contributed by atoms with Gasteiger partial charge in [-0.3, -0.25) is 0 Å². The summed E-state index contributed by atoms with van der Waals surface area (Å²) >= 11 is 0. The van der Waals surface area contributed by atoms with Crippen LogP contribution in [0.1, 0.15) is 33.1 Å². The molecule has 0 aromatic rings. The molecule has 0 amide bonds. The van der Waals surface area contributed by atoms with Crippen LogP contribution in [0.4, 0.5) is 0 Å². The van der Waals surface area contributed by atoms with Crippen LogP contribution < -0.4 is 5.73 Å². The minimum Gasteiger partial charge on any atom is -0.372 e. The summed E-state index contributed by atoms with van der Waals surface area (Å²) in [5.41, 5.74) is 5.58. The Labute approximate surface area is 87.6 Å². The Balaban J connectivity index is 2.22. The Kier molecular flexibility index (Phi) is 5.45. The number of hydrogen-bond donors (Lipinski definition) is 1. The molecule has 2 N–H and O–H groups in total. The first kappa shape index (κ1) is 12.0. The highest BCUT2D eigenvalue weighted by Gasteiger charge is 2.25. The second-order valence-electron chi connectivity index (χ2n) is 4.09. The van der Waals surface area contributed by atoms with E-state index in [1.165, 1.54) is 19.4 Å². The molecule has 1 heterocycles. The van der Waals surface area contributed by atoms with Crippen LogP contribution in [0.5, 0.6) is 0 Å². The average molecular weight is 200 g/mol. The second kappa shape index (κ2) is 6.38. The second-order valence-corrected chi connectivity index (χ2v) is 4.09. The molecule has 0 radical (unpaired) electrons. The lowest BCUT2D eigenvalue weighted by Gasteiger charge is -2.23. The van der Waals surface area contributed by atoms with E-state index < -0.39 is 0 Å². The molecule has 2 unspecified atom stereocenters. The maximum Gasteiger partial charge on any atom is 0.0707 e. The summed E-state index contributed by atoms with van der Waals surface area (Å²) in [5.74, 6) is 0. The summed E-state index contributed by atoms with van der Waals surface area (Å²) in [6, 6.07) is 0. The van der Waals surface area contributed by atoms with Crippen LogP contribution in [0.3, 0.4) is 0 Å². The zero-order valence-corrected chi connectivity index (χ0v) is 9.54. The first-order chi connectivity index (χ1) is 6.80. The molecule has 1 aliphatic heterocycles. The first-order valence-corrected chi connectivity index (χ1v) is 5.88. The standard InChI is InChI=1S/C11H24N2O/c1-3-7-13(4-2)9-11-6-5-10(8-12)14-11/h10-11H,3-9,12H2,1-2H3. The fourth-order valence-electron chi connectivity index (χ4n) is 2.07. The van der Waals surface area contributed by atoms with E-state index in [0.717, 1.165) is 19.5 Å². The van der Waals surface area contributed by atoms with Gasteiger partial charge in [-0.25, -0.2) is 0 Å². The van der Waals surface area contributed by atoms with Gasteiger partial charge in [-0.1, -0.05) is 13.8 Å². The molecule has 84 valence electrons. The molecular formula is C11H24N2O. The Bertz CT molecular complexity index is 152. The summed E-state index contributed by atoms with van der Waals surface area (Å²) in [6.07, 6.45) is 4.30. The summed E-state index contributed by atoms with van der Waals surface area (Å²) in [7, 11) is 0. The van der Waals surface area contributed by atoms with E-state index in [-0.39, 0.29) is 0 Å². The molecule has 14 heavy (non-hydrogen) atoms. The van der Waals surface area contributed by atoms with Crippen molar-refractivity contribution < 1.29 is 4.74 Å². The van der Waals surface area contributed by atoms with Crippen molar-refractivity contribution in [2.24, 2.45) is 5.73 Å². The fraction of sp³-hybridized carbons (Fsp3) is 1.00. The molecule has 0 aromatic heterocycles. The zero-order valence-electron chi connectivity index (χ0n) is 9.54. The first-order valence-electron chi connectivity index (χ1n) is 5.88. The molecule has 1 aliphatic rings. The number of likely N-dealkylation sites (N-methyl/N-ethyl adjacent to an activating group) is 1. The quantitative estimate of drug-likeness (QED) is 0.701. The Morgan fingerprint density at radius 3 is 2.50 bits per heavy atom. The van der Waals surface area contributed by atoms with E-state index in [1.54, 1.807) is 0 Å². The number of nitrogens with zero attached hydrogens (tertiary/aromatic N) is 1. The Morgan fingerprint density at radius 2 is 2.00 bits per heavy atom. The smallest absolute Gasteiger partial charge is 0.0707 e. The lowest BCUT2D eigenvalue weighted by molar-refractivity contribution is 0.0280. The Hall–Kier alpha value is -0.120. The van der Waals surface area contributed by atoms with E-state index in [1.807, 2.05) is 0 Å². The SMILES string of the molecule is CCCN(CC)CC1CCC(CN)O1. The average Bonchev–Trinajstić information content (AvgIpc) is 2.65. The van der Waals surface area contributed by atoms with Gasteiger partial charge in [0.25, 0.3) is 0 Å². The monoisotopic (exact) mass is 200 g/mol. The highest BCUT2D eigenvalue weighted by Crippen LogP contribution is 2.19. The van der Waals surface area contributed by atoms with Gasteiger partial charge in [0.1, 0.15) is 0 Å². The van der Waals surface area contributed by atoms with Gasteiger partial charge in [-0.05, 0) is 32.4 Å². The number of nitrogens with two attached hydrogens (primary N) is 1. The predicted octanol–water partition coefficient (Wildman–Crippen LogP) is 1.22. The largest absolute Gasteiger partial charge is 0.372 e. The maximum atomic E-state index is 5.82. The zero-order chi connectivity index (χ0) is 10.4. The van der Waals surface area contributed by atoms with Crippen molar-refractivity contribution in [1.29, 1.82) is 0 Å². The normalized spacial score (nSPS) is 27.4. The van der Waals surface area contributed by atoms with E-state index in [0.29, 0.717) is 18.8 Å². The third kappa shape index (κ3) is 3.56. The molecular weight excluding hydrogens is 176 g/mol. The van der Waals surface area contributed by atoms with Crippen LogP contribution in [0.2, 0.25) is 0 Å². The third-order valence-corrected chi connectivity index (χ3v) is 2.91. The van der Waals surface area contributed by atoms with Crippen molar-refractivity contribution in [3.8, 4) is 0 Å². The molecule has 0 bridgehead atoms. The van der Waals surface area contributed by atoms with Crippen LogP contribution in [0, 0.1) is 0 Å². The van der Waals surface area contributed by atoms with E-state index in [4.69, 9.17) is 10.5 Å². The molecule has 0 aliphatic carbocycles. The van der Waals surface area contributed by atoms with Gasteiger partial charge in [-0.2, -0.15) is 0 Å². The summed E-state index contributed by atoms with van der Waals surface area (Å²) < 4.78 is 5.82. The van der Waals surface area contributed by atoms with Gasteiger partial charge < -0.3 is 15.4 Å². The lowest BCUT2D eigenvalue weighted by Crippen LogP contribution is -2.33. The van der Waals surface area contributed by atoms with Crippen molar-refractivity contribution >= 4 is 0 Å². The molecule has 3 nitrogen and oxygen atoms in total. The lowest BCUT2D eigenvalue weighted by atomic mass is 10.2. The van der Waals surface area contributed by atoms with Crippen LogP contribution >= 0.6 is 0 Å². The molecule has 1 rings (SSSR count). The molecule has 3 heteroatoms. The fourth-order valence-corrected chi connectivity index (χ4v) is 2.07. The molecule has 0 spiro atoms. The number of rotatable bonds is 6. The highest BCUT2D eigenvalue weighted by atomic mass is 16.5. The molecule has 0 aromatic carbocycles. The number of ether oxygens (including phenoxy) is 1. The van der Waals surface area contributed by atoms with Gasteiger partial charge in [0.05, 0.1) is 12.2 Å². The molecule has 1 fully saturated rings. The van der Waals surface area contributed by atoms with Gasteiger partial charge >= 0.3 is 0 Å². The van der Waals surface area contributed by atoms with Gasteiger partial charge in [-0.15, -0.1) is 0 Å². The van der Waals surface area contributed by atoms with Crippen molar-refractivity contribution in [3.63, 3.8) is 0 Å². The van der Waals surface area contributed by atoms with Crippen LogP contribution in [-0.4, -0.2) is 43.3 Å². The summed E-state index contributed by atoms with van der Waals surface area (Å²) in [6.45, 7) is 8.51. The predicted molar refractivity (Wildman–Crippen MR) is 59.4 cm³/mol. The third-order valence-electron chi connectivity index (χ3n) is 2.91. The van der Waals surface area contributed by atoms with Gasteiger partial charge in [0.15, 0.2) is 0 Å². The minimum atomic E-state index is 0.320. The van der Waals surface area contributed by atoms with Gasteiger partial charge in [0.2, 0.25) is 0 Å². The molecule has 0 saturated carbocycles. The molecule has 1 saturated heterocycles. The van der Waals surface area contributed by atoms with E-state index >= 15 is 0 Å². The number of hydrogen-bond acceptors (Lipinski definition) is 3. The van der Waals surface area contributed by atoms with E-state index in [2.05, 4.69) is 18.7 Å². The van der Waals surface area contributed by atoms with Crippen molar-refractivity contribution in [1.82, 2.24) is 4.90 Å². The highest BCUT2D eigenvalue weighted by molar-refractivity contribution is 4.76. The summed E-state index contributed by atoms with van der Waals surface area (Å²) in [5, 5.41) is 0. The van der Waals surface area contributed by atoms with Gasteiger partial charge in [0, 0.05) is 13.1 Å². The van der Waals surface area contributed by atoms with Crippen LogP contribution in [-0.2, 0) is 4.74 Å². The van der Waals surface area contributed by atoms with Crippen LogP contribution in [0.25, 0.3) is 0 Å². The topological polar surface area (TPSA) is 38.5 Å². The molecule has 2 atom stereocenters. The maximum absolute atomic E-state index is 5.82. The van der Waals surface area contributed by atoms with Crippen LogP contribution in [0.15, 0.2) is 0 Å². The van der Waals surface area contributed by atoms with Crippen molar-refractivity contribution in [2.75, 3.05) is 26.2 Å².